The largest absolute Gasteiger partial charge is 0.400 e. The molecular formula is C6H10N2O2. The summed E-state index contributed by atoms with van der Waals surface area (Å²) >= 11 is 0. The molecule has 2 atom stereocenters. The van der Waals surface area contributed by atoms with E-state index in [-0.39, 0.29) is 5.70 Å². The molecular weight excluding hydrogens is 132 g/mol. The van der Waals surface area contributed by atoms with Gasteiger partial charge in [-0.25, -0.2) is 0 Å². The zero-order chi connectivity index (χ0) is 7.78. The zero-order valence-electron chi connectivity index (χ0n) is 5.36. The van der Waals surface area contributed by atoms with Gasteiger partial charge in [0.25, 0.3) is 0 Å². The van der Waals surface area contributed by atoms with E-state index in [0.717, 1.165) is 0 Å². The molecule has 0 fully saturated rings. The quantitative estimate of drug-likeness (QED) is 0.242. The SMILES string of the molecule is NC1=CC(N)(O)C=CC1O. The fourth-order valence-electron chi connectivity index (χ4n) is 0.757. The lowest BCUT2D eigenvalue weighted by molar-refractivity contribution is 0.139. The minimum atomic E-state index is -1.50. The highest BCUT2D eigenvalue weighted by molar-refractivity contribution is 5.26. The molecule has 0 spiro atoms. The highest BCUT2D eigenvalue weighted by atomic mass is 16.3. The first-order valence-electron chi connectivity index (χ1n) is 2.88. The van der Waals surface area contributed by atoms with Crippen LogP contribution in [-0.2, 0) is 0 Å². The van der Waals surface area contributed by atoms with E-state index in [2.05, 4.69) is 0 Å². The molecule has 0 radical (unpaired) electrons. The molecule has 1 rings (SSSR count). The van der Waals surface area contributed by atoms with Crippen LogP contribution in [0.4, 0.5) is 0 Å². The lowest BCUT2D eigenvalue weighted by atomic mass is 10.0. The third-order valence-electron chi connectivity index (χ3n) is 1.28. The molecule has 0 amide bonds. The van der Waals surface area contributed by atoms with Crippen molar-refractivity contribution in [3.63, 3.8) is 0 Å². The molecule has 0 saturated heterocycles. The summed E-state index contributed by atoms with van der Waals surface area (Å²) in [6.07, 6.45) is 3.02. The van der Waals surface area contributed by atoms with Crippen molar-refractivity contribution in [1.29, 1.82) is 0 Å². The Balaban J connectivity index is 2.85. The van der Waals surface area contributed by atoms with Crippen LogP contribution < -0.4 is 11.5 Å². The Morgan fingerprint density at radius 2 is 2.20 bits per heavy atom. The van der Waals surface area contributed by atoms with E-state index in [1.807, 2.05) is 0 Å². The van der Waals surface area contributed by atoms with Gasteiger partial charge in [-0.05, 0) is 18.2 Å². The maximum Gasteiger partial charge on any atom is 0.154 e. The van der Waals surface area contributed by atoms with Gasteiger partial charge in [0.05, 0.1) is 0 Å². The van der Waals surface area contributed by atoms with Gasteiger partial charge in [0.1, 0.15) is 6.10 Å². The predicted molar refractivity (Wildman–Crippen MR) is 36.6 cm³/mol. The van der Waals surface area contributed by atoms with Crippen LogP contribution in [0.2, 0.25) is 0 Å². The number of rotatable bonds is 0. The summed E-state index contributed by atoms with van der Waals surface area (Å²) in [7, 11) is 0. The molecule has 0 aromatic heterocycles. The molecule has 4 nitrogen and oxygen atoms in total. The molecule has 0 bridgehead atoms. The van der Waals surface area contributed by atoms with Gasteiger partial charge < -0.3 is 15.9 Å². The molecule has 1 aliphatic rings. The Labute approximate surface area is 58.4 Å². The first-order chi connectivity index (χ1) is 4.51. The van der Waals surface area contributed by atoms with Crippen molar-refractivity contribution in [2.45, 2.75) is 11.8 Å². The second kappa shape index (κ2) is 2.09. The van der Waals surface area contributed by atoms with Crippen molar-refractivity contribution < 1.29 is 10.2 Å². The van der Waals surface area contributed by atoms with Gasteiger partial charge in [-0.15, -0.1) is 0 Å². The monoisotopic (exact) mass is 142 g/mol. The number of hydrogen-bond acceptors (Lipinski definition) is 4. The third kappa shape index (κ3) is 1.36. The van der Waals surface area contributed by atoms with Crippen LogP contribution in [0.1, 0.15) is 0 Å². The second-order valence-electron chi connectivity index (χ2n) is 2.34. The summed E-state index contributed by atoms with van der Waals surface area (Å²) in [6, 6.07) is 0. The van der Waals surface area contributed by atoms with Crippen LogP contribution in [0.15, 0.2) is 23.9 Å². The van der Waals surface area contributed by atoms with Gasteiger partial charge in [0.2, 0.25) is 0 Å². The van der Waals surface area contributed by atoms with E-state index in [9.17, 15) is 0 Å². The molecule has 2 unspecified atom stereocenters. The minimum Gasteiger partial charge on any atom is -0.400 e. The predicted octanol–water partition coefficient (Wildman–Crippen LogP) is -1.59. The van der Waals surface area contributed by atoms with Crippen molar-refractivity contribution in [3.8, 4) is 0 Å². The Hall–Kier alpha value is -0.840. The van der Waals surface area contributed by atoms with Crippen LogP contribution in [0, 0.1) is 0 Å². The molecule has 0 aliphatic heterocycles. The van der Waals surface area contributed by atoms with E-state index in [1.54, 1.807) is 0 Å². The van der Waals surface area contributed by atoms with E-state index < -0.39 is 11.8 Å². The van der Waals surface area contributed by atoms with Crippen molar-refractivity contribution in [2.24, 2.45) is 11.5 Å². The maximum atomic E-state index is 9.09. The van der Waals surface area contributed by atoms with Crippen LogP contribution in [0.25, 0.3) is 0 Å². The van der Waals surface area contributed by atoms with E-state index in [1.165, 1.54) is 18.2 Å². The van der Waals surface area contributed by atoms with Gasteiger partial charge in [-0.3, -0.25) is 5.73 Å². The highest BCUT2D eigenvalue weighted by Crippen LogP contribution is 2.12. The van der Waals surface area contributed by atoms with Gasteiger partial charge in [-0.1, -0.05) is 0 Å². The summed E-state index contributed by atoms with van der Waals surface area (Å²) in [6.45, 7) is 0. The first-order valence-corrected chi connectivity index (χ1v) is 2.88. The number of nitrogens with two attached hydrogens (primary N) is 2. The van der Waals surface area contributed by atoms with E-state index in [4.69, 9.17) is 21.7 Å². The summed E-state index contributed by atoms with van der Waals surface area (Å²) in [5.74, 6) is 0. The van der Waals surface area contributed by atoms with Gasteiger partial charge >= 0.3 is 0 Å². The van der Waals surface area contributed by atoms with Crippen molar-refractivity contribution in [2.75, 3.05) is 0 Å². The van der Waals surface area contributed by atoms with Crippen LogP contribution >= 0.6 is 0 Å². The average Bonchev–Trinajstić information content (AvgIpc) is 1.79. The Kier molecular flexibility index (Phi) is 1.52. The third-order valence-corrected chi connectivity index (χ3v) is 1.28. The smallest absolute Gasteiger partial charge is 0.154 e. The highest BCUT2D eigenvalue weighted by Gasteiger charge is 2.20. The van der Waals surface area contributed by atoms with Crippen molar-refractivity contribution in [1.82, 2.24) is 0 Å². The molecule has 56 valence electrons. The molecule has 0 aromatic rings. The second-order valence-corrected chi connectivity index (χ2v) is 2.34. The fourth-order valence-corrected chi connectivity index (χ4v) is 0.757. The number of hydrogen-bond donors (Lipinski definition) is 4. The fraction of sp³-hybridized carbons (Fsp3) is 0.333. The summed E-state index contributed by atoms with van der Waals surface area (Å²) < 4.78 is 0. The Morgan fingerprint density at radius 1 is 1.60 bits per heavy atom. The molecule has 6 N–H and O–H groups in total. The van der Waals surface area contributed by atoms with Gasteiger partial charge in [0, 0.05) is 5.70 Å². The van der Waals surface area contributed by atoms with Crippen molar-refractivity contribution in [3.05, 3.63) is 23.9 Å². The summed E-state index contributed by atoms with van der Waals surface area (Å²) in [4.78, 5) is 0. The van der Waals surface area contributed by atoms with Crippen molar-refractivity contribution >= 4 is 0 Å². The summed E-state index contributed by atoms with van der Waals surface area (Å²) in [5, 5.41) is 18.0. The van der Waals surface area contributed by atoms with Crippen LogP contribution in [-0.4, -0.2) is 22.0 Å². The van der Waals surface area contributed by atoms with Crippen LogP contribution in [0.3, 0.4) is 0 Å². The number of aliphatic hydroxyl groups excluding tert-OH is 1. The molecule has 10 heavy (non-hydrogen) atoms. The van der Waals surface area contributed by atoms with Crippen LogP contribution in [0.5, 0.6) is 0 Å². The minimum absolute atomic E-state index is 0.174. The zero-order valence-corrected chi connectivity index (χ0v) is 5.36. The standard InChI is InChI=1S/C6H10N2O2/c7-4-3-6(8,10)2-1-5(4)9/h1-3,5,9-10H,7-8H2. The van der Waals surface area contributed by atoms with Gasteiger partial charge in [-0.2, -0.15) is 0 Å². The normalized spacial score (nSPS) is 39.5. The topological polar surface area (TPSA) is 92.5 Å². The first kappa shape index (κ1) is 7.27. The molecule has 0 aromatic carbocycles. The maximum absolute atomic E-state index is 9.09. The molecule has 0 heterocycles. The molecule has 4 heteroatoms. The average molecular weight is 142 g/mol. The van der Waals surface area contributed by atoms with E-state index in [0.29, 0.717) is 0 Å². The lowest BCUT2D eigenvalue weighted by Gasteiger charge is -2.21. The lowest BCUT2D eigenvalue weighted by Crippen LogP contribution is -2.39. The molecule has 1 aliphatic carbocycles. The van der Waals surface area contributed by atoms with E-state index >= 15 is 0 Å². The summed E-state index contributed by atoms with van der Waals surface area (Å²) in [5.41, 5.74) is 9.18. The molecule has 0 saturated carbocycles. The Bertz CT molecular complexity index is 196. The Morgan fingerprint density at radius 3 is 2.60 bits per heavy atom. The number of aliphatic hydroxyl groups is 2. The van der Waals surface area contributed by atoms with Gasteiger partial charge in [0.15, 0.2) is 5.72 Å².